The second-order valence-electron chi connectivity index (χ2n) is 6.29. The Morgan fingerprint density at radius 2 is 1.93 bits per heavy atom. The van der Waals surface area contributed by atoms with Crippen LogP contribution in [0.15, 0.2) is 29.3 Å². The fraction of sp³-hybridized carbons (Fsp3) is 0.526. The fourth-order valence-electron chi connectivity index (χ4n) is 3.03. The van der Waals surface area contributed by atoms with Crippen LogP contribution in [-0.2, 0) is 13.6 Å². The smallest absolute Gasteiger partial charge is 0.191 e. The highest BCUT2D eigenvalue weighted by Crippen LogP contribution is 2.26. The van der Waals surface area contributed by atoms with Gasteiger partial charge in [0, 0.05) is 25.7 Å². The summed E-state index contributed by atoms with van der Waals surface area (Å²) in [5, 5.41) is 15.8. The lowest BCUT2D eigenvalue weighted by atomic mass is 10.0. The van der Waals surface area contributed by atoms with E-state index >= 15 is 0 Å². The third-order valence-electron chi connectivity index (χ3n) is 4.80. The summed E-state index contributed by atoms with van der Waals surface area (Å²) in [5.74, 6) is 2.47. The summed E-state index contributed by atoms with van der Waals surface area (Å²) in [6.45, 7) is 9.40. The highest BCUT2D eigenvalue weighted by atomic mass is 35.5. The maximum absolute atomic E-state index is 6.47. The van der Waals surface area contributed by atoms with Crippen LogP contribution in [0.1, 0.15) is 37.1 Å². The van der Waals surface area contributed by atoms with E-state index in [4.69, 9.17) is 11.6 Å². The lowest BCUT2D eigenvalue weighted by Gasteiger charge is -2.31. The molecule has 2 aromatic rings. The molecule has 1 heterocycles. The minimum absolute atomic E-state index is 0.157. The van der Waals surface area contributed by atoms with Crippen molar-refractivity contribution in [2.45, 2.75) is 33.4 Å². The molecule has 0 amide bonds. The Kier molecular flexibility index (Phi) is 8.06. The Balaban J connectivity index is 2.06. The van der Waals surface area contributed by atoms with Crippen LogP contribution in [-0.4, -0.2) is 52.3 Å². The van der Waals surface area contributed by atoms with Gasteiger partial charge < -0.3 is 15.2 Å². The van der Waals surface area contributed by atoms with Gasteiger partial charge >= 0.3 is 0 Å². The molecule has 1 atom stereocenters. The van der Waals surface area contributed by atoms with E-state index in [0.29, 0.717) is 13.1 Å². The molecule has 2 N–H and O–H groups in total. The van der Waals surface area contributed by atoms with Crippen LogP contribution in [0.25, 0.3) is 0 Å². The third kappa shape index (κ3) is 5.43. The Labute approximate surface area is 166 Å². The SMILES string of the molecule is CCN(CC)C(CNC(=NC)NCc1nnc(C)n1C)c1ccccc1Cl. The van der Waals surface area contributed by atoms with Gasteiger partial charge in [0.2, 0.25) is 0 Å². The van der Waals surface area contributed by atoms with E-state index in [2.05, 4.69) is 50.6 Å². The third-order valence-corrected chi connectivity index (χ3v) is 5.14. The largest absolute Gasteiger partial charge is 0.354 e. The molecule has 0 aliphatic rings. The Hall–Kier alpha value is -2.12. The van der Waals surface area contributed by atoms with Crippen LogP contribution in [0.3, 0.4) is 0 Å². The van der Waals surface area contributed by atoms with Gasteiger partial charge in [0.1, 0.15) is 5.82 Å². The first-order chi connectivity index (χ1) is 13.0. The predicted molar refractivity (Wildman–Crippen MR) is 111 cm³/mol. The monoisotopic (exact) mass is 391 g/mol. The number of likely N-dealkylation sites (N-methyl/N-ethyl adjacent to an activating group) is 1. The molecule has 0 aliphatic carbocycles. The Morgan fingerprint density at radius 1 is 1.22 bits per heavy atom. The highest BCUT2D eigenvalue weighted by Gasteiger charge is 2.20. The number of hydrogen-bond acceptors (Lipinski definition) is 4. The molecule has 8 heteroatoms. The molecule has 1 unspecified atom stereocenters. The maximum Gasteiger partial charge on any atom is 0.191 e. The van der Waals surface area contributed by atoms with E-state index in [-0.39, 0.29) is 6.04 Å². The summed E-state index contributed by atoms with van der Waals surface area (Å²) in [4.78, 5) is 6.71. The molecule has 0 aliphatic heterocycles. The van der Waals surface area contributed by atoms with Crippen molar-refractivity contribution in [1.29, 1.82) is 0 Å². The van der Waals surface area contributed by atoms with Crippen LogP contribution in [0.2, 0.25) is 5.02 Å². The van der Waals surface area contributed by atoms with Gasteiger partial charge in [-0.3, -0.25) is 9.89 Å². The van der Waals surface area contributed by atoms with Gasteiger partial charge in [-0.1, -0.05) is 43.6 Å². The van der Waals surface area contributed by atoms with E-state index in [9.17, 15) is 0 Å². The summed E-state index contributed by atoms with van der Waals surface area (Å²) in [7, 11) is 3.72. The van der Waals surface area contributed by atoms with E-state index in [0.717, 1.165) is 41.3 Å². The first-order valence-electron chi connectivity index (χ1n) is 9.29. The molecule has 1 aromatic heterocycles. The van der Waals surface area contributed by atoms with Crippen molar-refractivity contribution in [3.05, 3.63) is 46.5 Å². The van der Waals surface area contributed by atoms with Gasteiger partial charge in [0.25, 0.3) is 0 Å². The minimum atomic E-state index is 0.157. The lowest BCUT2D eigenvalue weighted by molar-refractivity contribution is 0.219. The summed E-state index contributed by atoms with van der Waals surface area (Å²) in [6.07, 6.45) is 0. The standard InChI is InChI=1S/C19H30ClN7/c1-6-27(7-2)17(15-10-8-9-11-16(15)20)12-22-19(21-4)23-13-18-25-24-14(3)26(18)5/h8-11,17H,6-7,12-13H2,1-5H3,(H2,21,22,23). The van der Waals surface area contributed by atoms with Crippen molar-refractivity contribution in [3.8, 4) is 0 Å². The van der Waals surface area contributed by atoms with Crippen molar-refractivity contribution < 1.29 is 0 Å². The van der Waals surface area contributed by atoms with Gasteiger partial charge in [0.05, 0.1) is 12.6 Å². The van der Waals surface area contributed by atoms with Crippen LogP contribution in [0.4, 0.5) is 0 Å². The first-order valence-corrected chi connectivity index (χ1v) is 9.67. The highest BCUT2D eigenvalue weighted by molar-refractivity contribution is 6.31. The molecule has 0 saturated heterocycles. The quantitative estimate of drug-likeness (QED) is 0.534. The van der Waals surface area contributed by atoms with Crippen LogP contribution in [0, 0.1) is 6.92 Å². The molecule has 0 radical (unpaired) electrons. The van der Waals surface area contributed by atoms with Gasteiger partial charge in [-0.05, 0) is 31.6 Å². The van der Waals surface area contributed by atoms with Crippen molar-refractivity contribution in [1.82, 2.24) is 30.3 Å². The van der Waals surface area contributed by atoms with Crippen LogP contribution in [0.5, 0.6) is 0 Å². The van der Waals surface area contributed by atoms with E-state index in [1.165, 1.54) is 0 Å². The lowest BCUT2D eigenvalue weighted by Crippen LogP contribution is -2.43. The van der Waals surface area contributed by atoms with Gasteiger partial charge in [0.15, 0.2) is 11.8 Å². The number of benzene rings is 1. The topological polar surface area (TPSA) is 70.4 Å². The van der Waals surface area contributed by atoms with Gasteiger partial charge in [-0.15, -0.1) is 10.2 Å². The van der Waals surface area contributed by atoms with E-state index in [1.54, 1.807) is 7.05 Å². The van der Waals surface area contributed by atoms with Crippen LogP contribution >= 0.6 is 11.6 Å². The average molecular weight is 392 g/mol. The molecule has 0 bridgehead atoms. The molecule has 0 saturated carbocycles. The number of aromatic nitrogens is 3. The molecular formula is C19H30ClN7. The summed E-state index contributed by atoms with van der Waals surface area (Å²) < 4.78 is 1.96. The minimum Gasteiger partial charge on any atom is -0.354 e. The summed E-state index contributed by atoms with van der Waals surface area (Å²) in [5.41, 5.74) is 1.12. The Morgan fingerprint density at radius 3 is 2.48 bits per heavy atom. The number of guanidine groups is 1. The molecule has 0 spiro atoms. The zero-order valence-corrected chi connectivity index (χ0v) is 17.6. The molecule has 1 aromatic carbocycles. The number of nitrogens with zero attached hydrogens (tertiary/aromatic N) is 5. The molecule has 148 valence electrons. The van der Waals surface area contributed by atoms with E-state index < -0.39 is 0 Å². The van der Waals surface area contributed by atoms with Crippen molar-refractivity contribution >= 4 is 17.6 Å². The zero-order chi connectivity index (χ0) is 19.8. The van der Waals surface area contributed by atoms with Crippen molar-refractivity contribution in [2.75, 3.05) is 26.7 Å². The van der Waals surface area contributed by atoms with Gasteiger partial charge in [-0.25, -0.2) is 0 Å². The fourth-order valence-corrected chi connectivity index (χ4v) is 3.29. The molecule has 2 rings (SSSR count). The normalized spacial score (nSPS) is 13.1. The first kappa shape index (κ1) is 21.2. The second-order valence-corrected chi connectivity index (χ2v) is 6.69. The number of aryl methyl sites for hydroxylation is 1. The Bertz CT molecular complexity index is 752. The maximum atomic E-state index is 6.47. The van der Waals surface area contributed by atoms with Crippen molar-refractivity contribution in [2.24, 2.45) is 12.0 Å². The summed E-state index contributed by atoms with van der Waals surface area (Å²) >= 11 is 6.47. The average Bonchev–Trinajstić information content (AvgIpc) is 3.00. The van der Waals surface area contributed by atoms with E-state index in [1.807, 2.05) is 36.7 Å². The van der Waals surface area contributed by atoms with Gasteiger partial charge in [-0.2, -0.15) is 0 Å². The molecule has 27 heavy (non-hydrogen) atoms. The number of nitrogens with one attached hydrogen (secondary N) is 2. The zero-order valence-electron chi connectivity index (χ0n) is 16.8. The number of aliphatic imine (C=N–C) groups is 1. The van der Waals surface area contributed by atoms with Crippen LogP contribution < -0.4 is 10.6 Å². The second kappa shape index (κ2) is 10.3. The number of hydrogen-bond donors (Lipinski definition) is 2. The number of rotatable bonds is 8. The molecule has 0 fully saturated rings. The molecular weight excluding hydrogens is 362 g/mol. The predicted octanol–water partition coefficient (Wildman–Crippen LogP) is 2.53. The van der Waals surface area contributed by atoms with Crippen molar-refractivity contribution in [3.63, 3.8) is 0 Å². The molecule has 7 nitrogen and oxygen atoms in total. The number of halogens is 1. The summed E-state index contributed by atoms with van der Waals surface area (Å²) in [6, 6.07) is 8.18.